The van der Waals surface area contributed by atoms with Gasteiger partial charge in [0.2, 0.25) is 0 Å². The van der Waals surface area contributed by atoms with Crippen molar-refractivity contribution in [2.45, 2.75) is 4.21 Å². The van der Waals surface area contributed by atoms with Crippen molar-refractivity contribution in [1.29, 1.82) is 0 Å². The van der Waals surface area contributed by atoms with Gasteiger partial charge < -0.3 is 5.73 Å². The summed E-state index contributed by atoms with van der Waals surface area (Å²) in [7, 11) is -4.08. The minimum atomic E-state index is -4.08. The standard InChI is InChI=1S/C10H7ClFN3O4S2/c11-10-8(15(16)17)4-9(20-10)21(18,19)14-5-1-2-6(12)7(13)3-5/h1-4,14H,13H2. The van der Waals surface area contributed by atoms with Crippen LogP contribution in [0.5, 0.6) is 0 Å². The Morgan fingerprint density at radius 2 is 2.05 bits per heavy atom. The molecule has 0 spiro atoms. The molecule has 1 heterocycles. The molecule has 1 aromatic heterocycles. The molecule has 0 aliphatic carbocycles. The van der Waals surface area contributed by atoms with Gasteiger partial charge in [0.05, 0.1) is 16.3 Å². The van der Waals surface area contributed by atoms with E-state index in [4.69, 9.17) is 17.3 Å². The molecular formula is C10H7ClFN3O4S2. The number of nitrogen functional groups attached to an aromatic ring is 1. The Hall–Kier alpha value is -1.91. The number of hydrogen-bond acceptors (Lipinski definition) is 6. The maximum absolute atomic E-state index is 13.0. The molecule has 0 aliphatic rings. The van der Waals surface area contributed by atoms with Crippen molar-refractivity contribution in [2.75, 3.05) is 10.5 Å². The van der Waals surface area contributed by atoms with Gasteiger partial charge in [-0.2, -0.15) is 0 Å². The number of thiophene rings is 1. The molecule has 0 unspecified atom stereocenters. The zero-order valence-corrected chi connectivity index (χ0v) is 12.4. The van der Waals surface area contributed by atoms with Crippen LogP contribution in [0.15, 0.2) is 28.5 Å². The van der Waals surface area contributed by atoms with E-state index in [2.05, 4.69) is 4.72 Å². The molecule has 11 heteroatoms. The van der Waals surface area contributed by atoms with E-state index in [-0.39, 0.29) is 19.9 Å². The van der Waals surface area contributed by atoms with Crippen LogP contribution in [0.1, 0.15) is 0 Å². The quantitative estimate of drug-likeness (QED) is 0.499. The van der Waals surface area contributed by atoms with Gasteiger partial charge in [-0.15, -0.1) is 11.3 Å². The van der Waals surface area contributed by atoms with Gasteiger partial charge in [0.15, 0.2) is 4.34 Å². The fourth-order valence-corrected chi connectivity index (χ4v) is 4.12. The molecular weight excluding hydrogens is 345 g/mol. The highest BCUT2D eigenvalue weighted by Crippen LogP contribution is 2.36. The van der Waals surface area contributed by atoms with Crippen LogP contribution in [0.2, 0.25) is 4.34 Å². The normalized spacial score (nSPS) is 11.3. The van der Waals surface area contributed by atoms with E-state index >= 15 is 0 Å². The fraction of sp³-hybridized carbons (Fsp3) is 0. The third-order valence-electron chi connectivity index (χ3n) is 2.36. The van der Waals surface area contributed by atoms with Gasteiger partial charge in [0.25, 0.3) is 15.7 Å². The summed E-state index contributed by atoms with van der Waals surface area (Å²) in [6, 6.07) is 4.11. The second kappa shape index (κ2) is 5.47. The number of anilines is 2. The molecule has 0 saturated heterocycles. The molecule has 0 fully saturated rings. The number of nitrogens with zero attached hydrogens (tertiary/aromatic N) is 1. The number of rotatable bonds is 4. The molecule has 112 valence electrons. The van der Waals surface area contributed by atoms with Crippen molar-refractivity contribution in [3.05, 3.63) is 44.5 Å². The summed E-state index contributed by atoms with van der Waals surface area (Å²) in [5.74, 6) is -0.687. The first-order valence-corrected chi connectivity index (χ1v) is 7.90. The lowest BCUT2D eigenvalue weighted by molar-refractivity contribution is -0.384. The Morgan fingerprint density at radius 1 is 1.38 bits per heavy atom. The Kier molecular flexibility index (Phi) is 4.03. The number of nitrogens with one attached hydrogen (secondary N) is 1. The summed E-state index contributed by atoms with van der Waals surface area (Å²) >= 11 is 6.15. The monoisotopic (exact) mass is 351 g/mol. The third kappa shape index (κ3) is 3.23. The van der Waals surface area contributed by atoms with E-state index in [0.717, 1.165) is 18.2 Å². The number of nitro groups is 1. The minimum Gasteiger partial charge on any atom is -0.396 e. The molecule has 0 radical (unpaired) electrons. The lowest BCUT2D eigenvalue weighted by Crippen LogP contribution is -2.11. The van der Waals surface area contributed by atoms with Gasteiger partial charge >= 0.3 is 0 Å². The zero-order valence-electron chi connectivity index (χ0n) is 10.0. The van der Waals surface area contributed by atoms with Crippen molar-refractivity contribution < 1.29 is 17.7 Å². The van der Waals surface area contributed by atoms with Gasteiger partial charge in [-0.1, -0.05) is 11.6 Å². The van der Waals surface area contributed by atoms with Crippen LogP contribution in [0.4, 0.5) is 21.5 Å². The average molecular weight is 352 g/mol. The zero-order chi connectivity index (χ0) is 15.8. The lowest BCUT2D eigenvalue weighted by Gasteiger charge is -2.06. The summed E-state index contributed by atoms with van der Waals surface area (Å²) in [4.78, 5) is 9.87. The Labute approximate surface area is 127 Å². The largest absolute Gasteiger partial charge is 0.396 e. The van der Waals surface area contributed by atoms with Crippen molar-refractivity contribution in [1.82, 2.24) is 0 Å². The van der Waals surface area contributed by atoms with Crippen molar-refractivity contribution >= 4 is 50.0 Å². The maximum Gasteiger partial charge on any atom is 0.300 e. The number of hydrogen-bond donors (Lipinski definition) is 2. The van der Waals surface area contributed by atoms with Gasteiger partial charge in [-0.25, -0.2) is 12.8 Å². The SMILES string of the molecule is Nc1cc(NS(=O)(=O)c2cc([N+](=O)[O-])c(Cl)s2)ccc1F. The highest BCUT2D eigenvalue weighted by molar-refractivity contribution is 7.94. The van der Waals surface area contributed by atoms with Crippen LogP contribution in [0, 0.1) is 15.9 Å². The van der Waals surface area contributed by atoms with E-state index in [9.17, 15) is 22.9 Å². The summed E-state index contributed by atoms with van der Waals surface area (Å²) < 4.78 is 38.7. The van der Waals surface area contributed by atoms with Crippen LogP contribution in [0.25, 0.3) is 0 Å². The highest BCUT2D eigenvalue weighted by atomic mass is 35.5. The highest BCUT2D eigenvalue weighted by Gasteiger charge is 2.25. The molecule has 2 rings (SSSR count). The van der Waals surface area contributed by atoms with E-state index in [1.165, 1.54) is 6.07 Å². The molecule has 0 amide bonds. The fourth-order valence-electron chi connectivity index (χ4n) is 1.41. The molecule has 7 nitrogen and oxygen atoms in total. The summed E-state index contributed by atoms with van der Waals surface area (Å²) in [6.07, 6.45) is 0. The number of nitrogens with two attached hydrogens (primary N) is 1. The first-order valence-electron chi connectivity index (χ1n) is 5.22. The van der Waals surface area contributed by atoms with Gasteiger partial charge in [-0.05, 0) is 18.2 Å². The molecule has 2 aromatic rings. The number of benzene rings is 1. The van der Waals surface area contributed by atoms with Gasteiger partial charge in [-0.3, -0.25) is 14.8 Å². The van der Waals surface area contributed by atoms with Gasteiger partial charge in [0, 0.05) is 6.07 Å². The first-order chi connectivity index (χ1) is 9.70. The topological polar surface area (TPSA) is 115 Å². The Bertz CT molecular complexity index is 822. The molecule has 0 aliphatic heterocycles. The van der Waals surface area contributed by atoms with Crippen molar-refractivity contribution in [3.8, 4) is 0 Å². The van der Waals surface area contributed by atoms with Crippen LogP contribution in [-0.2, 0) is 10.0 Å². The second-order valence-corrected chi connectivity index (χ2v) is 7.39. The van der Waals surface area contributed by atoms with Crippen molar-refractivity contribution in [2.24, 2.45) is 0 Å². The van der Waals surface area contributed by atoms with Crippen LogP contribution < -0.4 is 10.5 Å². The predicted molar refractivity (Wildman–Crippen MR) is 77.6 cm³/mol. The lowest BCUT2D eigenvalue weighted by atomic mass is 10.3. The van der Waals surface area contributed by atoms with Crippen molar-refractivity contribution in [3.63, 3.8) is 0 Å². The second-order valence-electron chi connectivity index (χ2n) is 3.82. The summed E-state index contributed by atoms with van der Waals surface area (Å²) in [6.45, 7) is 0. The van der Waals surface area contributed by atoms with E-state index in [1.807, 2.05) is 0 Å². The molecule has 0 atom stereocenters. The average Bonchev–Trinajstić information content (AvgIpc) is 2.77. The Morgan fingerprint density at radius 3 is 2.57 bits per heavy atom. The van der Waals surface area contributed by atoms with E-state index in [0.29, 0.717) is 11.3 Å². The molecule has 0 bridgehead atoms. The number of halogens is 2. The smallest absolute Gasteiger partial charge is 0.300 e. The summed E-state index contributed by atoms with van der Waals surface area (Å²) in [5, 5.41) is 10.7. The maximum atomic E-state index is 13.0. The number of sulfonamides is 1. The Balaban J connectivity index is 2.36. The van der Waals surface area contributed by atoms with Crippen LogP contribution >= 0.6 is 22.9 Å². The van der Waals surface area contributed by atoms with Crippen LogP contribution in [0.3, 0.4) is 0 Å². The predicted octanol–water partition coefficient (Wildman–Crippen LogP) is 2.83. The summed E-state index contributed by atoms with van der Waals surface area (Å²) in [5.41, 5.74) is 4.63. The minimum absolute atomic E-state index is 0.0288. The third-order valence-corrected chi connectivity index (χ3v) is 5.55. The molecule has 0 saturated carbocycles. The van der Waals surface area contributed by atoms with Gasteiger partial charge in [0.1, 0.15) is 10.0 Å². The van der Waals surface area contributed by atoms with E-state index < -0.39 is 26.5 Å². The first kappa shape index (κ1) is 15.5. The molecule has 1 aromatic carbocycles. The molecule has 21 heavy (non-hydrogen) atoms. The van der Waals surface area contributed by atoms with E-state index in [1.54, 1.807) is 0 Å². The van der Waals surface area contributed by atoms with Crippen LogP contribution in [-0.4, -0.2) is 13.3 Å². The molecule has 3 N–H and O–H groups in total.